The standard InChI is InChI=1S/C15H25N3O/c1-17-8-10-18(11-9-17)7-3-6-16-13-14-4-2-5-15(19)12-14/h2,4-5,12,16,19H,3,6-11,13H2,1H3. The number of rotatable bonds is 6. The fraction of sp³-hybridized carbons (Fsp3) is 0.600. The highest BCUT2D eigenvalue weighted by Crippen LogP contribution is 2.10. The highest BCUT2D eigenvalue weighted by atomic mass is 16.3. The molecule has 1 aliphatic heterocycles. The van der Waals surface area contributed by atoms with Crippen molar-refractivity contribution in [3.63, 3.8) is 0 Å². The molecule has 0 bridgehead atoms. The summed E-state index contributed by atoms with van der Waals surface area (Å²) in [5.41, 5.74) is 1.14. The molecule has 4 nitrogen and oxygen atoms in total. The fourth-order valence-electron chi connectivity index (χ4n) is 2.40. The van der Waals surface area contributed by atoms with E-state index in [2.05, 4.69) is 22.2 Å². The molecular formula is C15H25N3O. The van der Waals surface area contributed by atoms with Crippen LogP contribution >= 0.6 is 0 Å². The normalized spacial score (nSPS) is 17.7. The van der Waals surface area contributed by atoms with Crippen LogP contribution in [0.3, 0.4) is 0 Å². The molecule has 1 aromatic rings. The van der Waals surface area contributed by atoms with Crippen LogP contribution in [-0.2, 0) is 6.54 Å². The van der Waals surface area contributed by atoms with Crippen LogP contribution in [0.1, 0.15) is 12.0 Å². The minimum Gasteiger partial charge on any atom is -0.508 e. The molecule has 2 rings (SSSR count). The number of nitrogens with zero attached hydrogens (tertiary/aromatic N) is 2. The molecule has 19 heavy (non-hydrogen) atoms. The second-order valence-corrected chi connectivity index (χ2v) is 5.35. The Morgan fingerprint density at radius 1 is 1.21 bits per heavy atom. The Balaban J connectivity index is 1.55. The minimum absolute atomic E-state index is 0.344. The van der Waals surface area contributed by atoms with Gasteiger partial charge in [-0.25, -0.2) is 0 Å². The Morgan fingerprint density at radius 2 is 2.00 bits per heavy atom. The summed E-state index contributed by atoms with van der Waals surface area (Å²) < 4.78 is 0. The summed E-state index contributed by atoms with van der Waals surface area (Å²) >= 11 is 0. The van der Waals surface area contributed by atoms with E-state index in [4.69, 9.17) is 0 Å². The van der Waals surface area contributed by atoms with E-state index in [-0.39, 0.29) is 0 Å². The van der Waals surface area contributed by atoms with Gasteiger partial charge >= 0.3 is 0 Å². The molecule has 0 radical (unpaired) electrons. The zero-order valence-corrected chi connectivity index (χ0v) is 11.8. The number of nitrogens with one attached hydrogen (secondary N) is 1. The van der Waals surface area contributed by atoms with Gasteiger partial charge in [0, 0.05) is 32.7 Å². The lowest BCUT2D eigenvalue weighted by atomic mass is 10.2. The van der Waals surface area contributed by atoms with Gasteiger partial charge in [0.15, 0.2) is 0 Å². The molecule has 106 valence electrons. The summed E-state index contributed by atoms with van der Waals surface area (Å²) in [6.45, 7) is 7.82. The third-order valence-electron chi connectivity index (χ3n) is 3.66. The van der Waals surface area contributed by atoms with Crippen LogP contribution in [0.25, 0.3) is 0 Å². The number of likely N-dealkylation sites (N-methyl/N-ethyl adjacent to an activating group) is 1. The molecule has 0 amide bonds. The molecule has 2 N–H and O–H groups in total. The number of hydrogen-bond acceptors (Lipinski definition) is 4. The Morgan fingerprint density at radius 3 is 2.74 bits per heavy atom. The van der Waals surface area contributed by atoms with Gasteiger partial charge in [-0.1, -0.05) is 12.1 Å². The number of aromatic hydroxyl groups is 1. The Bertz CT molecular complexity index is 375. The van der Waals surface area contributed by atoms with Crippen molar-refractivity contribution in [1.29, 1.82) is 0 Å². The Labute approximate surface area is 116 Å². The van der Waals surface area contributed by atoms with E-state index in [1.165, 1.54) is 39.1 Å². The predicted molar refractivity (Wildman–Crippen MR) is 78.4 cm³/mol. The van der Waals surface area contributed by atoms with Crippen molar-refractivity contribution < 1.29 is 5.11 Å². The summed E-state index contributed by atoms with van der Waals surface area (Å²) in [5.74, 6) is 0.344. The van der Waals surface area contributed by atoms with Crippen molar-refractivity contribution in [1.82, 2.24) is 15.1 Å². The average Bonchev–Trinajstić information content (AvgIpc) is 2.41. The van der Waals surface area contributed by atoms with Crippen LogP contribution in [0.2, 0.25) is 0 Å². The van der Waals surface area contributed by atoms with Crippen molar-refractivity contribution in [3.05, 3.63) is 29.8 Å². The number of benzene rings is 1. The summed E-state index contributed by atoms with van der Waals surface area (Å²) in [7, 11) is 2.19. The number of hydrogen-bond donors (Lipinski definition) is 2. The van der Waals surface area contributed by atoms with Crippen LogP contribution in [0, 0.1) is 0 Å². The summed E-state index contributed by atoms with van der Waals surface area (Å²) in [4.78, 5) is 4.92. The van der Waals surface area contributed by atoms with Crippen LogP contribution in [0.15, 0.2) is 24.3 Å². The maximum absolute atomic E-state index is 9.37. The van der Waals surface area contributed by atoms with Crippen molar-refractivity contribution in [3.8, 4) is 5.75 Å². The minimum atomic E-state index is 0.344. The molecule has 0 aromatic heterocycles. The SMILES string of the molecule is CN1CCN(CCCNCc2cccc(O)c2)CC1. The van der Waals surface area contributed by atoms with E-state index in [0.29, 0.717) is 5.75 Å². The van der Waals surface area contributed by atoms with E-state index in [1.54, 1.807) is 6.07 Å². The van der Waals surface area contributed by atoms with Gasteiger partial charge in [-0.2, -0.15) is 0 Å². The van der Waals surface area contributed by atoms with E-state index in [1.807, 2.05) is 18.2 Å². The molecule has 0 spiro atoms. The number of piperazine rings is 1. The Hall–Kier alpha value is -1.10. The van der Waals surface area contributed by atoms with Crippen LogP contribution in [0.5, 0.6) is 5.75 Å². The highest BCUT2D eigenvalue weighted by molar-refractivity contribution is 5.26. The molecule has 4 heteroatoms. The first-order valence-electron chi connectivity index (χ1n) is 7.13. The molecule has 0 unspecified atom stereocenters. The maximum Gasteiger partial charge on any atom is 0.115 e. The average molecular weight is 263 g/mol. The third-order valence-corrected chi connectivity index (χ3v) is 3.66. The predicted octanol–water partition coefficient (Wildman–Crippen LogP) is 1.12. The van der Waals surface area contributed by atoms with E-state index < -0.39 is 0 Å². The number of phenolic OH excluding ortho intramolecular Hbond substituents is 1. The van der Waals surface area contributed by atoms with E-state index in [9.17, 15) is 5.11 Å². The Kier molecular flexibility index (Phi) is 5.63. The van der Waals surface area contributed by atoms with Gasteiger partial charge < -0.3 is 20.2 Å². The molecular weight excluding hydrogens is 238 g/mol. The molecule has 0 saturated carbocycles. The topological polar surface area (TPSA) is 38.7 Å². The van der Waals surface area contributed by atoms with Crippen LogP contribution < -0.4 is 5.32 Å². The first-order chi connectivity index (χ1) is 9.24. The lowest BCUT2D eigenvalue weighted by Gasteiger charge is -2.32. The zero-order chi connectivity index (χ0) is 13.5. The van der Waals surface area contributed by atoms with Crippen molar-refractivity contribution in [2.45, 2.75) is 13.0 Å². The van der Waals surface area contributed by atoms with Gasteiger partial charge in [-0.05, 0) is 44.3 Å². The van der Waals surface area contributed by atoms with Crippen LogP contribution in [-0.4, -0.2) is 61.2 Å². The molecule has 1 saturated heterocycles. The second kappa shape index (κ2) is 7.48. The first-order valence-corrected chi connectivity index (χ1v) is 7.13. The summed E-state index contributed by atoms with van der Waals surface area (Å²) in [6.07, 6.45) is 1.18. The zero-order valence-electron chi connectivity index (χ0n) is 11.8. The monoisotopic (exact) mass is 263 g/mol. The summed E-state index contributed by atoms with van der Waals surface area (Å²) in [6, 6.07) is 7.44. The molecule has 0 aliphatic carbocycles. The lowest BCUT2D eigenvalue weighted by molar-refractivity contribution is 0.153. The van der Waals surface area contributed by atoms with Crippen molar-refractivity contribution in [2.75, 3.05) is 46.3 Å². The smallest absolute Gasteiger partial charge is 0.115 e. The quantitative estimate of drug-likeness (QED) is 0.755. The van der Waals surface area contributed by atoms with Gasteiger partial charge in [-0.15, -0.1) is 0 Å². The molecule has 0 atom stereocenters. The number of phenols is 1. The van der Waals surface area contributed by atoms with Gasteiger partial charge in [0.25, 0.3) is 0 Å². The fourth-order valence-corrected chi connectivity index (χ4v) is 2.40. The van der Waals surface area contributed by atoms with Crippen molar-refractivity contribution >= 4 is 0 Å². The first kappa shape index (κ1) is 14.3. The van der Waals surface area contributed by atoms with Crippen LogP contribution in [0.4, 0.5) is 0 Å². The third kappa shape index (κ3) is 5.19. The van der Waals surface area contributed by atoms with Gasteiger partial charge in [0.2, 0.25) is 0 Å². The second-order valence-electron chi connectivity index (χ2n) is 5.35. The van der Waals surface area contributed by atoms with Gasteiger partial charge in [0.05, 0.1) is 0 Å². The largest absolute Gasteiger partial charge is 0.508 e. The van der Waals surface area contributed by atoms with E-state index >= 15 is 0 Å². The van der Waals surface area contributed by atoms with Gasteiger partial charge in [0.1, 0.15) is 5.75 Å². The van der Waals surface area contributed by atoms with Gasteiger partial charge in [-0.3, -0.25) is 0 Å². The van der Waals surface area contributed by atoms with Crippen molar-refractivity contribution in [2.24, 2.45) is 0 Å². The molecule has 1 aromatic carbocycles. The maximum atomic E-state index is 9.37. The lowest BCUT2D eigenvalue weighted by Crippen LogP contribution is -2.45. The molecule has 1 fully saturated rings. The molecule has 1 aliphatic rings. The highest BCUT2D eigenvalue weighted by Gasteiger charge is 2.12. The summed E-state index contributed by atoms with van der Waals surface area (Å²) in [5, 5.41) is 12.8. The molecule has 1 heterocycles. The van der Waals surface area contributed by atoms with E-state index in [0.717, 1.165) is 18.7 Å².